The predicted molar refractivity (Wildman–Crippen MR) is 65.7 cm³/mol. The number of nitrogens with one attached hydrogen (secondary N) is 1. The molecule has 1 unspecified atom stereocenters. The summed E-state index contributed by atoms with van der Waals surface area (Å²) in [4.78, 5) is 0. The van der Waals surface area contributed by atoms with Gasteiger partial charge < -0.3 is 5.32 Å². The van der Waals surface area contributed by atoms with Crippen LogP contribution in [0.4, 0.5) is 0 Å². The van der Waals surface area contributed by atoms with Gasteiger partial charge in [0.05, 0.1) is 0 Å². The lowest BCUT2D eigenvalue weighted by Crippen LogP contribution is -2.23. The zero-order chi connectivity index (χ0) is 10.8. The van der Waals surface area contributed by atoms with Gasteiger partial charge in [0.1, 0.15) is 0 Å². The van der Waals surface area contributed by atoms with Gasteiger partial charge in [0.25, 0.3) is 0 Å². The lowest BCUT2D eigenvalue weighted by molar-refractivity contribution is 0.603. The zero-order valence-electron chi connectivity index (χ0n) is 9.44. The summed E-state index contributed by atoms with van der Waals surface area (Å²) in [5.74, 6) is 0. The summed E-state index contributed by atoms with van der Waals surface area (Å²) in [5, 5.41) is 4.44. The first kappa shape index (κ1) is 11.0. The second-order valence-electron chi connectivity index (χ2n) is 4.54. The number of halogens is 1. The Labute approximate surface area is 96.8 Å². The van der Waals surface area contributed by atoms with Crippen LogP contribution in [0.15, 0.2) is 12.1 Å². The molecule has 0 aromatic heterocycles. The van der Waals surface area contributed by atoms with E-state index in [9.17, 15) is 0 Å². The van der Waals surface area contributed by atoms with E-state index in [2.05, 4.69) is 31.3 Å². The summed E-state index contributed by atoms with van der Waals surface area (Å²) in [7, 11) is 0. The average Bonchev–Trinajstić information content (AvgIpc) is 2.66. The third kappa shape index (κ3) is 2.53. The van der Waals surface area contributed by atoms with Crippen molar-refractivity contribution < 1.29 is 0 Å². The second kappa shape index (κ2) is 4.54. The lowest BCUT2D eigenvalue weighted by Gasteiger charge is -2.12. The van der Waals surface area contributed by atoms with Crippen molar-refractivity contribution in [1.29, 1.82) is 0 Å². The molecule has 15 heavy (non-hydrogen) atoms. The number of rotatable bonds is 2. The second-order valence-corrected chi connectivity index (χ2v) is 4.92. The van der Waals surface area contributed by atoms with Crippen LogP contribution in [0.2, 0.25) is 5.02 Å². The third-order valence-corrected chi connectivity index (χ3v) is 3.74. The van der Waals surface area contributed by atoms with Crippen LogP contribution in [0, 0.1) is 13.8 Å². The molecule has 1 aliphatic heterocycles. The van der Waals surface area contributed by atoms with Crippen LogP contribution in [-0.2, 0) is 6.42 Å². The zero-order valence-corrected chi connectivity index (χ0v) is 10.2. The molecule has 0 aliphatic carbocycles. The fourth-order valence-corrected chi connectivity index (χ4v) is 2.48. The molecule has 1 fully saturated rings. The summed E-state index contributed by atoms with van der Waals surface area (Å²) in [6.45, 7) is 5.35. The van der Waals surface area contributed by atoms with Gasteiger partial charge in [0.2, 0.25) is 0 Å². The molecule has 0 amide bonds. The van der Waals surface area contributed by atoms with E-state index in [4.69, 9.17) is 11.6 Å². The highest BCUT2D eigenvalue weighted by atomic mass is 35.5. The van der Waals surface area contributed by atoms with Crippen LogP contribution < -0.4 is 5.32 Å². The molecule has 1 aromatic carbocycles. The van der Waals surface area contributed by atoms with Gasteiger partial charge in [-0.2, -0.15) is 0 Å². The smallest absolute Gasteiger partial charge is 0.0464 e. The normalized spacial score (nSPS) is 20.9. The van der Waals surface area contributed by atoms with Gasteiger partial charge in [-0.25, -0.2) is 0 Å². The minimum atomic E-state index is 0.671. The molecular weight excluding hydrogens is 206 g/mol. The Morgan fingerprint density at radius 1 is 1.33 bits per heavy atom. The number of hydrogen-bond donors (Lipinski definition) is 1. The van der Waals surface area contributed by atoms with Crippen LogP contribution in [0.3, 0.4) is 0 Å². The van der Waals surface area contributed by atoms with Crippen molar-refractivity contribution in [2.24, 2.45) is 0 Å². The van der Waals surface area contributed by atoms with Crippen molar-refractivity contribution >= 4 is 11.6 Å². The SMILES string of the molecule is Cc1cc(CC2CCCN2)cc(C)c1Cl. The van der Waals surface area contributed by atoms with E-state index in [1.807, 2.05) is 0 Å². The van der Waals surface area contributed by atoms with Gasteiger partial charge in [-0.3, -0.25) is 0 Å². The number of hydrogen-bond acceptors (Lipinski definition) is 1. The van der Waals surface area contributed by atoms with Crippen molar-refractivity contribution in [3.05, 3.63) is 33.8 Å². The quantitative estimate of drug-likeness (QED) is 0.812. The summed E-state index contributed by atoms with van der Waals surface area (Å²) >= 11 is 6.15. The Hall–Kier alpha value is -0.530. The highest BCUT2D eigenvalue weighted by Crippen LogP contribution is 2.23. The van der Waals surface area contributed by atoms with Gasteiger partial charge in [-0.05, 0) is 56.3 Å². The summed E-state index contributed by atoms with van der Waals surface area (Å²) in [6, 6.07) is 5.11. The van der Waals surface area contributed by atoms with E-state index in [1.54, 1.807) is 0 Å². The molecule has 1 heterocycles. The molecule has 1 aromatic rings. The van der Waals surface area contributed by atoms with Crippen LogP contribution in [-0.4, -0.2) is 12.6 Å². The molecule has 2 heteroatoms. The summed E-state index contributed by atoms with van der Waals surface area (Å²) < 4.78 is 0. The van der Waals surface area contributed by atoms with Crippen molar-refractivity contribution in [1.82, 2.24) is 5.32 Å². The maximum Gasteiger partial charge on any atom is 0.0464 e. The fourth-order valence-electron chi connectivity index (χ4n) is 2.37. The van der Waals surface area contributed by atoms with E-state index >= 15 is 0 Å². The van der Waals surface area contributed by atoms with Crippen molar-refractivity contribution in [2.45, 2.75) is 39.2 Å². The highest BCUT2D eigenvalue weighted by molar-refractivity contribution is 6.32. The molecule has 1 saturated heterocycles. The Morgan fingerprint density at radius 3 is 2.53 bits per heavy atom. The minimum Gasteiger partial charge on any atom is -0.314 e. The Kier molecular flexibility index (Phi) is 3.32. The average molecular weight is 224 g/mol. The predicted octanol–water partition coefficient (Wildman–Crippen LogP) is 3.25. The standard InChI is InChI=1S/C13H18ClN/c1-9-6-11(7-10(2)13(9)14)8-12-4-3-5-15-12/h6-7,12,15H,3-5,8H2,1-2H3. The molecule has 0 spiro atoms. The van der Waals surface area contributed by atoms with E-state index < -0.39 is 0 Å². The van der Waals surface area contributed by atoms with E-state index in [0.717, 1.165) is 11.4 Å². The molecule has 2 rings (SSSR count). The molecule has 0 radical (unpaired) electrons. The topological polar surface area (TPSA) is 12.0 Å². The molecular formula is C13H18ClN. The Balaban J connectivity index is 2.14. The molecule has 82 valence electrons. The first-order valence-corrected chi connectivity index (χ1v) is 6.03. The van der Waals surface area contributed by atoms with E-state index in [1.165, 1.54) is 36.1 Å². The van der Waals surface area contributed by atoms with Gasteiger partial charge in [0.15, 0.2) is 0 Å². The molecule has 1 atom stereocenters. The van der Waals surface area contributed by atoms with Gasteiger partial charge in [-0.15, -0.1) is 0 Å². The lowest BCUT2D eigenvalue weighted by atomic mass is 10.0. The van der Waals surface area contributed by atoms with Gasteiger partial charge in [0, 0.05) is 11.1 Å². The van der Waals surface area contributed by atoms with Crippen molar-refractivity contribution in [2.75, 3.05) is 6.54 Å². The highest BCUT2D eigenvalue weighted by Gasteiger charge is 2.15. The Morgan fingerprint density at radius 2 is 2.00 bits per heavy atom. The van der Waals surface area contributed by atoms with Crippen LogP contribution in [0.25, 0.3) is 0 Å². The molecule has 0 saturated carbocycles. The van der Waals surface area contributed by atoms with Gasteiger partial charge >= 0.3 is 0 Å². The molecule has 0 bridgehead atoms. The first-order valence-electron chi connectivity index (χ1n) is 5.66. The van der Waals surface area contributed by atoms with Crippen LogP contribution in [0.5, 0.6) is 0 Å². The molecule has 1 N–H and O–H groups in total. The minimum absolute atomic E-state index is 0.671. The largest absolute Gasteiger partial charge is 0.314 e. The first-order chi connectivity index (χ1) is 7.16. The van der Waals surface area contributed by atoms with Crippen molar-refractivity contribution in [3.63, 3.8) is 0 Å². The summed E-state index contributed by atoms with van der Waals surface area (Å²) in [5.41, 5.74) is 3.81. The van der Waals surface area contributed by atoms with Crippen LogP contribution in [0.1, 0.15) is 29.5 Å². The summed E-state index contributed by atoms with van der Waals surface area (Å²) in [6.07, 6.45) is 3.76. The third-order valence-electron chi connectivity index (χ3n) is 3.14. The maximum atomic E-state index is 6.15. The number of benzene rings is 1. The van der Waals surface area contributed by atoms with Crippen molar-refractivity contribution in [3.8, 4) is 0 Å². The molecule has 1 aliphatic rings. The van der Waals surface area contributed by atoms with E-state index in [-0.39, 0.29) is 0 Å². The van der Waals surface area contributed by atoms with E-state index in [0.29, 0.717) is 6.04 Å². The monoisotopic (exact) mass is 223 g/mol. The Bertz CT molecular complexity index is 331. The maximum absolute atomic E-state index is 6.15. The molecule has 1 nitrogen and oxygen atoms in total. The van der Waals surface area contributed by atoms with Gasteiger partial charge in [-0.1, -0.05) is 23.7 Å². The number of aryl methyl sites for hydroxylation is 2. The fraction of sp³-hybridized carbons (Fsp3) is 0.538. The van der Waals surface area contributed by atoms with Crippen LogP contribution >= 0.6 is 11.6 Å².